The molecule has 1 aliphatic rings. The number of hydrogen-bond donors (Lipinski definition) is 0. The molecule has 0 amide bonds. The molecule has 2 rings (SSSR count). The van der Waals surface area contributed by atoms with Crippen LogP contribution in [-0.2, 0) is 0 Å². The summed E-state index contributed by atoms with van der Waals surface area (Å²) in [5.41, 5.74) is 0.537. The Bertz CT molecular complexity index is 460. The second kappa shape index (κ2) is 5.92. The van der Waals surface area contributed by atoms with Crippen molar-refractivity contribution in [3.8, 4) is 12.3 Å². The van der Waals surface area contributed by atoms with E-state index in [0.29, 0.717) is 12.3 Å². The molecule has 0 aromatic carbocycles. The zero-order chi connectivity index (χ0) is 13.9. The van der Waals surface area contributed by atoms with E-state index >= 15 is 0 Å². The highest BCUT2D eigenvalue weighted by Gasteiger charge is 2.36. The van der Waals surface area contributed by atoms with E-state index in [4.69, 9.17) is 6.42 Å². The van der Waals surface area contributed by atoms with Gasteiger partial charge in [-0.2, -0.15) is 11.3 Å². The van der Waals surface area contributed by atoms with Gasteiger partial charge in [0.15, 0.2) is 5.78 Å². The van der Waals surface area contributed by atoms with Crippen molar-refractivity contribution in [2.45, 2.75) is 46.0 Å². The van der Waals surface area contributed by atoms with Gasteiger partial charge in [-0.15, -0.1) is 6.42 Å². The van der Waals surface area contributed by atoms with Crippen LogP contribution in [0.25, 0.3) is 0 Å². The number of rotatable bonds is 4. The maximum atomic E-state index is 12.3. The van der Waals surface area contributed by atoms with Crippen LogP contribution in [0, 0.1) is 29.6 Å². The van der Waals surface area contributed by atoms with Gasteiger partial charge in [-0.3, -0.25) is 4.79 Å². The third kappa shape index (κ3) is 3.28. The lowest BCUT2D eigenvalue weighted by Crippen LogP contribution is -2.31. The molecular weight excluding hydrogens is 252 g/mol. The molecule has 0 unspecified atom stereocenters. The van der Waals surface area contributed by atoms with Crippen molar-refractivity contribution >= 4 is 17.1 Å². The number of carbonyl (C=O) groups excluding carboxylic acids is 1. The number of Topliss-reactive ketones (excluding diaryl/α,β-unsaturated/α-hetero) is 1. The number of thiophene rings is 1. The fourth-order valence-electron chi connectivity index (χ4n) is 3.07. The summed E-state index contributed by atoms with van der Waals surface area (Å²) in [6, 6.07) is 1.90. The Morgan fingerprint density at radius 2 is 2.16 bits per heavy atom. The van der Waals surface area contributed by atoms with E-state index in [9.17, 15) is 4.79 Å². The summed E-state index contributed by atoms with van der Waals surface area (Å²) >= 11 is 1.56. The highest BCUT2D eigenvalue weighted by molar-refractivity contribution is 7.08. The van der Waals surface area contributed by atoms with Crippen molar-refractivity contribution in [2.75, 3.05) is 0 Å². The quantitative estimate of drug-likeness (QED) is 0.570. The Labute approximate surface area is 120 Å². The Hall–Kier alpha value is -1.07. The van der Waals surface area contributed by atoms with Crippen LogP contribution in [0.15, 0.2) is 16.8 Å². The molecule has 0 saturated heterocycles. The number of terminal acetylenes is 1. The highest BCUT2D eigenvalue weighted by atomic mass is 32.1. The Morgan fingerprint density at radius 1 is 1.47 bits per heavy atom. The van der Waals surface area contributed by atoms with Crippen molar-refractivity contribution in [1.82, 2.24) is 0 Å². The molecule has 1 heterocycles. The number of ketones is 1. The first kappa shape index (κ1) is 14.3. The highest BCUT2D eigenvalue weighted by Crippen LogP contribution is 2.42. The maximum absolute atomic E-state index is 12.3. The van der Waals surface area contributed by atoms with Crippen LogP contribution in [0.2, 0.25) is 0 Å². The molecule has 0 radical (unpaired) electrons. The fourth-order valence-corrected chi connectivity index (χ4v) is 3.73. The van der Waals surface area contributed by atoms with Gasteiger partial charge >= 0.3 is 0 Å². The van der Waals surface area contributed by atoms with Gasteiger partial charge in [0.05, 0.1) is 0 Å². The molecule has 1 nitrogen and oxygen atoms in total. The number of carbonyl (C=O) groups is 1. The topological polar surface area (TPSA) is 17.1 Å². The minimum Gasteiger partial charge on any atom is -0.294 e. The second-order valence-corrected chi connectivity index (χ2v) is 6.91. The van der Waals surface area contributed by atoms with Gasteiger partial charge in [0.25, 0.3) is 0 Å². The van der Waals surface area contributed by atoms with Crippen LogP contribution in [-0.4, -0.2) is 5.78 Å². The third-order valence-electron chi connectivity index (χ3n) is 4.62. The molecule has 1 aliphatic carbocycles. The molecule has 19 heavy (non-hydrogen) atoms. The summed E-state index contributed by atoms with van der Waals surface area (Å²) in [6.45, 7) is 4.40. The summed E-state index contributed by atoms with van der Waals surface area (Å²) in [5, 5.41) is 3.87. The SMILES string of the molecule is C#C[C@@](C)(CC(=O)c1ccsc1)C1CCC(C)CC1. The van der Waals surface area contributed by atoms with Crippen LogP contribution in [0.5, 0.6) is 0 Å². The summed E-state index contributed by atoms with van der Waals surface area (Å²) in [7, 11) is 0. The molecule has 1 fully saturated rings. The van der Waals surface area contributed by atoms with E-state index in [2.05, 4.69) is 19.8 Å². The molecule has 102 valence electrons. The Balaban J connectivity index is 2.06. The predicted octanol–water partition coefficient (Wildman–Crippen LogP) is 4.79. The van der Waals surface area contributed by atoms with E-state index in [0.717, 1.165) is 11.5 Å². The fraction of sp³-hybridized carbons (Fsp3) is 0.588. The van der Waals surface area contributed by atoms with Crippen LogP contribution in [0.4, 0.5) is 0 Å². The lowest BCUT2D eigenvalue weighted by molar-refractivity contribution is 0.0880. The van der Waals surface area contributed by atoms with Gasteiger partial charge in [-0.05, 0) is 43.0 Å². The molecule has 2 heteroatoms. The van der Waals surface area contributed by atoms with Crippen molar-refractivity contribution < 1.29 is 4.79 Å². The molecule has 0 spiro atoms. The van der Waals surface area contributed by atoms with Crippen LogP contribution >= 0.6 is 11.3 Å². The molecule has 0 N–H and O–H groups in total. The van der Waals surface area contributed by atoms with Crippen molar-refractivity contribution in [1.29, 1.82) is 0 Å². The third-order valence-corrected chi connectivity index (χ3v) is 5.30. The summed E-state index contributed by atoms with van der Waals surface area (Å²) in [4.78, 5) is 12.3. The Kier molecular flexibility index (Phi) is 4.47. The molecule has 0 aliphatic heterocycles. The molecule has 0 bridgehead atoms. The average molecular weight is 274 g/mol. The zero-order valence-corrected chi connectivity index (χ0v) is 12.6. The minimum absolute atomic E-state index is 0.195. The van der Waals surface area contributed by atoms with Crippen molar-refractivity contribution in [3.05, 3.63) is 22.4 Å². The molecule has 1 aromatic heterocycles. The smallest absolute Gasteiger partial charge is 0.165 e. The lowest BCUT2D eigenvalue weighted by Gasteiger charge is -2.37. The first-order valence-electron chi connectivity index (χ1n) is 7.08. The monoisotopic (exact) mass is 274 g/mol. The standard InChI is InChI=1S/C17H22OS/c1-4-17(3,15-7-5-13(2)6-8-15)11-16(18)14-9-10-19-12-14/h1,9-10,12-13,15H,5-8,11H2,2-3H3/t13?,15?,17-/m0/s1. The largest absolute Gasteiger partial charge is 0.294 e. The molecular formula is C17H22OS. The molecule has 1 saturated carbocycles. The Morgan fingerprint density at radius 3 is 2.68 bits per heavy atom. The lowest BCUT2D eigenvalue weighted by atomic mass is 9.66. The summed E-state index contributed by atoms with van der Waals surface area (Å²) in [5.74, 6) is 4.44. The van der Waals surface area contributed by atoms with Crippen LogP contribution in [0.1, 0.15) is 56.3 Å². The van der Waals surface area contributed by atoms with Crippen molar-refractivity contribution in [3.63, 3.8) is 0 Å². The van der Waals surface area contributed by atoms with E-state index in [-0.39, 0.29) is 11.2 Å². The number of hydrogen-bond acceptors (Lipinski definition) is 2. The van der Waals surface area contributed by atoms with Gasteiger partial charge in [0.1, 0.15) is 0 Å². The summed E-state index contributed by atoms with van der Waals surface area (Å²) < 4.78 is 0. The van der Waals surface area contributed by atoms with Gasteiger partial charge in [-0.1, -0.05) is 25.7 Å². The van der Waals surface area contributed by atoms with Crippen LogP contribution in [0.3, 0.4) is 0 Å². The minimum atomic E-state index is -0.279. The molecule has 1 aromatic rings. The van der Waals surface area contributed by atoms with Gasteiger partial charge in [0.2, 0.25) is 0 Å². The van der Waals surface area contributed by atoms with Crippen molar-refractivity contribution in [2.24, 2.45) is 17.3 Å². The van der Waals surface area contributed by atoms with Gasteiger partial charge in [-0.25, -0.2) is 0 Å². The summed E-state index contributed by atoms with van der Waals surface area (Å²) in [6.07, 6.45) is 11.1. The zero-order valence-electron chi connectivity index (χ0n) is 11.8. The predicted molar refractivity (Wildman–Crippen MR) is 81.3 cm³/mol. The second-order valence-electron chi connectivity index (χ2n) is 6.13. The van der Waals surface area contributed by atoms with E-state index < -0.39 is 0 Å². The van der Waals surface area contributed by atoms with Crippen LogP contribution < -0.4 is 0 Å². The van der Waals surface area contributed by atoms with E-state index in [1.54, 1.807) is 11.3 Å². The maximum Gasteiger partial charge on any atom is 0.165 e. The van der Waals surface area contributed by atoms with Gasteiger partial charge < -0.3 is 0 Å². The normalized spacial score (nSPS) is 26.4. The first-order chi connectivity index (χ1) is 9.05. The first-order valence-corrected chi connectivity index (χ1v) is 8.02. The van der Waals surface area contributed by atoms with E-state index in [1.165, 1.54) is 25.7 Å². The van der Waals surface area contributed by atoms with E-state index in [1.807, 2.05) is 16.8 Å². The van der Waals surface area contributed by atoms with Gasteiger partial charge in [0, 0.05) is 22.8 Å². The molecule has 1 atom stereocenters. The average Bonchev–Trinajstić information content (AvgIpc) is 2.93.